The number of carbonyl (C=O) groups excluding carboxylic acids is 1. The molecule has 0 bridgehead atoms. The maximum absolute atomic E-state index is 13.1. The molecule has 2 aliphatic rings. The predicted molar refractivity (Wildman–Crippen MR) is 134 cm³/mol. The standard InChI is InChI=1S/C26H34F2N4O2S/c1-17(2)23-20(5-4-12-29-23)24(33)30-19-8-6-18(7-9-19)10-13-32-14-11-22-21(15-32)31-25(35-22)34-16-26(3,27)28/h4-5,12,18-19H,1,6-11,13-16H2,2-3H3,(H,30,33). The summed E-state index contributed by atoms with van der Waals surface area (Å²) >= 11 is 1.39. The molecule has 2 aromatic rings. The van der Waals surface area contributed by atoms with Crippen molar-refractivity contribution in [1.29, 1.82) is 0 Å². The Hall–Kier alpha value is -2.39. The summed E-state index contributed by atoms with van der Waals surface area (Å²) in [6.45, 7) is 8.72. The fourth-order valence-electron chi connectivity index (χ4n) is 4.82. The Labute approximate surface area is 209 Å². The molecule has 0 aromatic carbocycles. The van der Waals surface area contributed by atoms with E-state index in [1.807, 2.05) is 6.92 Å². The molecule has 3 heterocycles. The molecule has 4 rings (SSSR count). The first kappa shape index (κ1) is 25.7. The molecule has 1 amide bonds. The van der Waals surface area contributed by atoms with Gasteiger partial charge in [-0.1, -0.05) is 17.9 Å². The van der Waals surface area contributed by atoms with Crippen LogP contribution in [0.2, 0.25) is 0 Å². The number of amides is 1. The highest BCUT2D eigenvalue weighted by molar-refractivity contribution is 7.13. The van der Waals surface area contributed by atoms with E-state index < -0.39 is 12.5 Å². The van der Waals surface area contributed by atoms with Crippen LogP contribution in [-0.2, 0) is 13.0 Å². The van der Waals surface area contributed by atoms with Crippen LogP contribution in [0.4, 0.5) is 8.78 Å². The molecular formula is C26H34F2N4O2S. The van der Waals surface area contributed by atoms with Gasteiger partial charge in [0.1, 0.15) is 0 Å². The molecule has 2 aromatic heterocycles. The van der Waals surface area contributed by atoms with Gasteiger partial charge in [-0.3, -0.25) is 14.7 Å². The summed E-state index contributed by atoms with van der Waals surface area (Å²) in [5.74, 6) is -2.28. The number of hydrogen-bond donors (Lipinski definition) is 1. The smallest absolute Gasteiger partial charge is 0.278 e. The number of rotatable bonds is 9. The zero-order valence-electron chi connectivity index (χ0n) is 20.5. The normalized spacial score (nSPS) is 20.8. The minimum absolute atomic E-state index is 0.0714. The molecule has 0 radical (unpaired) electrons. The Morgan fingerprint density at radius 1 is 1.34 bits per heavy atom. The third-order valence-electron chi connectivity index (χ3n) is 6.73. The molecule has 35 heavy (non-hydrogen) atoms. The summed E-state index contributed by atoms with van der Waals surface area (Å²) in [6, 6.07) is 3.78. The number of aromatic nitrogens is 2. The van der Waals surface area contributed by atoms with Gasteiger partial charge in [0.05, 0.1) is 17.0 Å². The third kappa shape index (κ3) is 7.07. The lowest BCUT2D eigenvalue weighted by molar-refractivity contribution is -0.0230. The van der Waals surface area contributed by atoms with Crippen LogP contribution in [0.15, 0.2) is 24.9 Å². The molecule has 190 valence electrons. The Kier molecular flexibility index (Phi) is 8.16. The van der Waals surface area contributed by atoms with Crippen molar-refractivity contribution in [3.05, 3.63) is 46.7 Å². The van der Waals surface area contributed by atoms with E-state index in [0.29, 0.717) is 22.4 Å². The molecule has 1 fully saturated rings. The van der Waals surface area contributed by atoms with Crippen LogP contribution in [-0.4, -0.2) is 52.4 Å². The Morgan fingerprint density at radius 3 is 2.83 bits per heavy atom. The highest BCUT2D eigenvalue weighted by Crippen LogP contribution is 2.32. The Bertz CT molecular complexity index is 1040. The van der Waals surface area contributed by atoms with Crippen LogP contribution in [0.1, 0.15) is 72.6 Å². The first-order valence-electron chi connectivity index (χ1n) is 12.3. The molecule has 1 saturated carbocycles. The Morgan fingerprint density at radius 2 is 2.11 bits per heavy atom. The lowest BCUT2D eigenvalue weighted by Gasteiger charge is -2.32. The van der Waals surface area contributed by atoms with Gasteiger partial charge >= 0.3 is 0 Å². The van der Waals surface area contributed by atoms with Gasteiger partial charge in [0.2, 0.25) is 0 Å². The van der Waals surface area contributed by atoms with Crippen molar-refractivity contribution < 1.29 is 18.3 Å². The van der Waals surface area contributed by atoms with Crippen LogP contribution in [0.5, 0.6) is 5.19 Å². The molecule has 0 atom stereocenters. The van der Waals surface area contributed by atoms with E-state index in [-0.39, 0.29) is 11.9 Å². The van der Waals surface area contributed by atoms with Crippen molar-refractivity contribution in [2.75, 3.05) is 19.7 Å². The minimum atomic E-state index is -2.85. The highest BCUT2D eigenvalue weighted by Gasteiger charge is 2.27. The lowest BCUT2D eigenvalue weighted by Crippen LogP contribution is -2.38. The highest BCUT2D eigenvalue weighted by atomic mass is 32.1. The first-order valence-corrected chi connectivity index (χ1v) is 13.1. The zero-order valence-corrected chi connectivity index (χ0v) is 21.3. The fourth-order valence-corrected chi connectivity index (χ4v) is 5.73. The summed E-state index contributed by atoms with van der Waals surface area (Å²) in [5.41, 5.74) is 3.00. The maximum Gasteiger partial charge on any atom is 0.278 e. The molecule has 0 unspecified atom stereocenters. The van der Waals surface area contributed by atoms with Crippen LogP contribution >= 0.6 is 11.3 Å². The topological polar surface area (TPSA) is 67.4 Å². The molecule has 0 spiro atoms. The minimum Gasteiger partial charge on any atom is -0.464 e. The number of ether oxygens (including phenoxy) is 1. The molecule has 6 nitrogen and oxygen atoms in total. The SMILES string of the molecule is C=C(C)c1ncccc1C(=O)NC1CCC(CCN2CCc3sc(OCC(C)(F)F)nc3C2)CC1. The second-order valence-corrected chi connectivity index (χ2v) is 10.9. The van der Waals surface area contributed by atoms with E-state index >= 15 is 0 Å². The van der Waals surface area contributed by atoms with Crippen molar-refractivity contribution in [2.24, 2.45) is 5.92 Å². The zero-order chi connectivity index (χ0) is 25.0. The summed E-state index contributed by atoms with van der Waals surface area (Å²) in [7, 11) is 0. The van der Waals surface area contributed by atoms with Gasteiger partial charge in [0.15, 0.2) is 6.61 Å². The molecule has 1 N–H and O–H groups in total. The molecule has 1 aliphatic heterocycles. The van der Waals surface area contributed by atoms with Crippen LogP contribution in [0, 0.1) is 5.92 Å². The first-order chi connectivity index (χ1) is 16.7. The summed E-state index contributed by atoms with van der Waals surface area (Å²) in [6.07, 6.45) is 7.86. The van der Waals surface area contributed by atoms with Crippen molar-refractivity contribution >= 4 is 22.8 Å². The lowest BCUT2D eigenvalue weighted by atomic mass is 9.84. The van der Waals surface area contributed by atoms with Gasteiger partial charge < -0.3 is 10.1 Å². The number of hydrogen-bond acceptors (Lipinski definition) is 6. The summed E-state index contributed by atoms with van der Waals surface area (Å²) in [4.78, 5) is 25.1. The molecule has 9 heteroatoms. The number of nitrogens with one attached hydrogen (secondary N) is 1. The van der Waals surface area contributed by atoms with Crippen molar-refractivity contribution in [2.45, 2.75) is 70.9 Å². The molecule has 0 saturated heterocycles. The average molecular weight is 505 g/mol. The number of halogens is 2. The van der Waals surface area contributed by atoms with Gasteiger partial charge in [-0.05, 0) is 75.6 Å². The van der Waals surface area contributed by atoms with Crippen molar-refractivity contribution in [3.63, 3.8) is 0 Å². The maximum atomic E-state index is 13.1. The second-order valence-electron chi connectivity index (χ2n) is 9.89. The summed E-state index contributed by atoms with van der Waals surface area (Å²) < 4.78 is 31.3. The van der Waals surface area contributed by atoms with E-state index in [4.69, 9.17) is 4.74 Å². The molecular weight excluding hydrogens is 470 g/mol. The fraction of sp³-hybridized carbons (Fsp3) is 0.577. The number of fused-ring (bicyclic) bond motifs is 1. The van der Waals surface area contributed by atoms with Gasteiger partial charge in [0, 0.05) is 37.1 Å². The number of alkyl halides is 2. The van der Waals surface area contributed by atoms with E-state index in [1.165, 1.54) is 11.3 Å². The number of thiazole rings is 1. The van der Waals surface area contributed by atoms with Crippen LogP contribution < -0.4 is 10.1 Å². The van der Waals surface area contributed by atoms with Crippen molar-refractivity contribution in [1.82, 2.24) is 20.2 Å². The van der Waals surface area contributed by atoms with E-state index in [9.17, 15) is 13.6 Å². The van der Waals surface area contributed by atoms with Gasteiger partial charge in [-0.25, -0.2) is 13.8 Å². The van der Waals surface area contributed by atoms with E-state index in [1.54, 1.807) is 18.3 Å². The molecule has 1 aliphatic carbocycles. The van der Waals surface area contributed by atoms with Crippen molar-refractivity contribution in [3.8, 4) is 5.19 Å². The van der Waals surface area contributed by atoms with E-state index in [0.717, 1.165) is 81.2 Å². The predicted octanol–water partition coefficient (Wildman–Crippen LogP) is 5.34. The van der Waals surface area contributed by atoms with E-state index in [2.05, 4.69) is 26.8 Å². The number of pyridine rings is 1. The van der Waals surface area contributed by atoms with Gasteiger partial charge in [-0.15, -0.1) is 0 Å². The number of carbonyl (C=O) groups is 1. The second kappa shape index (κ2) is 11.1. The largest absolute Gasteiger partial charge is 0.464 e. The third-order valence-corrected chi connectivity index (χ3v) is 7.80. The van der Waals surface area contributed by atoms with Gasteiger partial charge in [-0.2, -0.15) is 0 Å². The quantitative estimate of drug-likeness (QED) is 0.499. The van der Waals surface area contributed by atoms with Crippen LogP contribution in [0.3, 0.4) is 0 Å². The average Bonchev–Trinajstić information content (AvgIpc) is 3.24. The van der Waals surface area contributed by atoms with Crippen LogP contribution in [0.25, 0.3) is 5.57 Å². The number of allylic oxidation sites excluding steroid dienone is 1. The van der Waals surface area contributed by atoms with Gasteiger partial charge in [0.25, 0.3) is 17.0 Å². The number of nitrogens with zero attached hydrogens (tertiary/aromatic N) is 3. The monoisotopic (exact) mass is 504 g/mol. The Balaban J connectivity index is 1.20. The summed E-state index contributed by atoms with van der Waals surface area (Å²) in [5, 5.41) is 3.54.